The molecule has 1 unspecified atom stereocenters. The molecule has 0 amide bonds. The lowest BCUT2D eigenvalue weighted by atomic mass is 10.1. The summed E-state index contributed by atoms with van der Waals surface area (Å²) >= 11 is 0. The lowest BCUT2D eigenvalue weighted by Crippen LogP contribution is -2.29. The Morgan fingerprint density at radius 3 is 2.94 bits per heavy atom. The smallest absolute Gasteiger partial charge is 0.231 e. The lowest BCUT2D eigenvalue weighted by molar-refractivity contribution is 0.174. The van der Waals surface area contributed by atoms with Gasteiger partial charge in [-0.15, -0.1) is 0 Å². The Morgan fingerprint density at radius 1 is 1.28 bits per heavy atom. The molecule has 18 heavy (non-hydrogen) atoms. The van der Waals surface area contributed by atoms with E-state index in [0.717, 1.165) is 43.9 Å². The maximum absolute atomic E-state index is 5.47. The molecule has 4 nitrogen and oxygen atoms in total. The van der Waals surface area contributed by atoms with Crippen LogP contribution in [0.5, 0.6) is 11.5 Å². The third kappa shape index (κ3) is 3.62. The summed E-state index contributed by atoms with van der Waals surface area (Å²) in [5.41, 5.74) is 6.74. The van der Waals surface area contributed by atoms with Crippen LogP contribution in [0.3, 0.4) is 0 Å². The second kappa shape index (κ2) is 6.61. The molecule has 2 rings (SSSR count). The number of unbranched alkanes of at least 4 members (excludes halogenated alkanes) is 1. The maximum atomic E-state index is 5.47. The van der Waals surface area contributed by atoms with Crippen LogP contribution >= 0.6 is 0 Å². The van der Waals surface area contributed by atoms with Crippen molar-refractivity contribution in [2.45, 2.75) is 32.2 Å². The summed E-state index contributed by atoms with van der Waals surface area (Å²) in [5, 5.41) is 3.51. The van der Waals surface area contributed by atoms with Gasteiger partial charge in [-0.2, -0.15) is 0 Å². The van der Waals surface area contributed by atoms with Gasteiger partial charge in [0.2, 0.25) is 6.79 Å². The molecule has 1 aliphatic heterocycles. The van der Waals surface area contributed by atoms with E-state index >= 15 is 0 Å². The summed E-state index contributed by atoms with van der Waals surface area (Å²) in [4.78, 5) is 0. The molecule has 0 spiro atoms. The predicted octanol–water partition coefficient (Wildman–Crippen LogP) is 1.67. The number of ether oxygens (including phenoxy) is 2. The van der Waals surface area contributed by atoms with E-state index in [1.807, 2.05) is 6.07 Å². The number of nitrogens with two attached hydrogens (primary N) is 1. The Balaban J connectivity index is 1.78. The molecule has 1 atom stereocenters. The highest BCUT2D eigenvalue weighted by Gasteiger charge is 2.13. The monoisotopic (exact) mass is 250 g/mol. The van der Waals surface area contributed by atoms with Gasteiger partial charge in [0.05, 0.1) is 0 Å². The Hall–Kier alpha value is -1.26. The molecule has 0 aliphatic carbocycles. The van der Waals surface area contributed by atoms with E-state index in [1.165, 1.54) is 5.56 Å². The average molecular weight is 250 g/mol. The van der Waals surface area contributed by atoms with Crippen LogP contribution in [0.25, 0.3) is 0 Å². The molecule has 0 aromatic heterocycles. The standard InChI is InChI=1S/C14H22N2O2/c1-11(16-7-3-2-6-15)8-12-4-5-13-14(9-12)18-10-17-13/h4-5,9,11,16H,2-3,6-8,10,15H2,1H3. The molecule has 0 saturated heterocycles. The molecule has 1 aliphatic rings. The summed E-state index contributed by atoms with van der Waals surface area (Å²) in [5.74, 6) is 1.71. The molecular weight excluding hydrogens is 228 g/mol. The Morgan fingerprint density at radius 2 is 2.11 bits per heavy atom. The van der Waals surface area contributed by atoms with Gasteiger partial charge in [0.15, 0.2) is 11.5 Å². The van der Waals surface area contributed by atoms with Crippen LogP contribution in [0.15, 0.2) is 18.2 Å². The van der Waals surface area contributed by atoms with Gasteiger partial charge in [0.1, 0.15) is 0 Å². The normalized spacial score (nSPS) is 14.8. The summed E-state index contributed by atoms with van der Waals surface area (Å²) < 4.78 is 10.7. The summed E-state index contributed by atoms with van der Waals surface area (Å²) in [6, 6.07) is 6.62. The Kier molecular flexibility index (Phi) is 4.84. The van der Waals surface area contributed by atoms with Crippen LogP contribution < -0.4 is 20.5 Å². The van der Waals surface area contributed by atoms with E-state index in [9.17, 15) is 0 Å². The van der Waals surface area contributed by atoms with Crippen LogP contribution in [0.4, 0.5) is 0 Å². The van der Waals surface area contributed by atoms with E-state index in [-0.39, 0.29) is 0 Å². The zero-order valence-electron chi connectivity index (χ0n) is 10.9. The van der Waals surface area contributed by atoms with Crippen molar-refractivity contribution in [3.8, 4) is 11.5 Å². The van der Waals surface area contributed by atoms with Crippen molar-refractivity contribution in [1.29, 1.82) is 0 Å². The fourth-order valence-electron chi connectivity index (χ4n) is 2.11. The second-order valence-corrected chi connectivity index (χ2v) is 4.74. The van der Waals surface area contributed by atoms with Crippen molar-refractivity contribution in [1.82, 2.24) is 5.32 Å². The summed E-state index contributed by atoms with van der Waals surface area (Å²) in [6.45, 7) is 4.35. The number of rotatable bonds is 7. The first-order valence-corrected chi connectivity index (χ1v) is 6.61. The highest BCUT2D eigenvalue weighted by molar-refractivity contribution is 5.44. The fourth-order valence-corrected chi connectivity index (χ4v) is 2.11. The van der Waals surface area contributed by atoms with E-state index in [0.29, 0.717) is 12.8 Å². The van der Waals surface area contributed by atoms with E-state index in [4.69, 9.17) is 15.2 Å². The van der Waals surface area contributed by atoms with Crippen molar-refractivity contribution >= 4 is 0 Å². The van der Waals surface area contributed by atoms with E-state index in [2.05, 4.69) is 24.4 Å². The summed E-state index contributed by atoms with van der Waals surface area (Å²) in [7, 11) is 0. The molecular formula is C14H22N2O2. The SMILES string of the molecule is CC(Cc1ccc2c(c1)OCO2)NCCCCN. The molecule has 0 fully saturated rings. The zero-order chi connectivity index (χ0) is 12.8. The van der Waals surface area contributed by atoms with Gasteiger partial charge in [0.25, 0.3) is 0 Å². The average Bonchev–Trinajstić information content (AvgIpc) is 2.82. The van der Waals surface area contributed by atoms with E-state index < -0.39 is 0 Å². The number of hydrogen-bond donors (Lipinski definition) is 2. The molecule has 1 aromatic carbocycles. The number of fused-ring (bicyclic) bond motifs is 1. The molecule has 100 valence electrons. The number of benzene rings is 1. The number of hydrogen-bond acceptors (Lipinski definition) is 4. The lowest BCUT2D eigenvalue weighted by Gasteiger charge is -2.14. The third-order valence-corrected chi connectivity index (χ3v) is 3.10. The van der Waals surface area contributed by atoms with Crippen LogP contribution in [0.1, 0.15) is 25.3 Å². The van der Waals surface area contributed by atoms with Gasteiger partial charge < -0.3 is 20.5 Å². The van der Waals surface area contributed by atoms with Gasteiger partial charge in [0, 0.05) is 6.04 Å². The largest absolute Gasteiger partial charge is 0.454 e. The van der Waals surface area contributed by atoms with E-state index in [1.54, 1.807) is 0 Å². The zero-order valence-corrected chi connectivity index (χ0v) is 10.9. The minimum Gasteiger partial charge on any atom is -0.454 e. The Labute approximate surface area is 108 Å². The molecule has 1 heterocycles. The highest BCUT2D eigenvalue weighted by atomic mass is 16.7. The quantitative estimate of drug-likeness (QED) is 0.723. The van der Waals surface area contributed by atoms with Crippen molar-refractivity contribution in [3.05, 3.63) is 23.8 Å². The first-order valence-electron chi connectivity index (χ1n) is 6.61. The van der Waals surface area contributed by atoms with Crippen LogP contribution in [-0.4, -0.2) is 25.9 Å². The van der Waals surface area contributed by atoms with Crippen LogP contribution in [-0.2, 0) is 6.42 Å². The summed E-state index contributed by atoms with van der Waals surface area (Å²) in [6.07, 6.45) is 3.23. The maximum Gasteiger partial charge on any atom is 0.231 e. The van der Waals surface area contributed by atoms with Crippen LogP contribution in [0.2, 0.25) is 0 Å². The molecule has 0 bridgehead atoms. The molecule has 0 saturated carbocycles. The van der Waals surface area contributed by atoms with Crippen molar-refractivity contribution in [3.63, 3.8) is 0 Å². The molecule has 1 aromatic rings. The minimum atomic E-state index is 0.339. The molecule has 0 radical (unpaired) electrons. The first-order chi connectivity index (χ1) is 8.79. The van der Waals surface area contributed by atoms with Crippen LogP contribution in [0, 0.1) is 0 Å². The van der Waals surface area contributed by atoms with Gasteiger partial charge in [-0.3, -0.25) is 0 Å². The van der Waals surface area contributed by atoms with Gasteiger partial charge in [-0.1, -0.05) is 6.07 Å². The van der Waals surface area contributed by atoms with Crippen molar-refractivity contribution in [2.24, 2.45) is 5.73 Å². The predicted molar refractivity (Wildman–Crippen MR) is 72.0 cm³/mol. The minimum absolute atomic E-state index is 0.339. The highest BCUT2D eigenvalue weighted by Crippen LogP contribution is 2.32. The number of nitrogens with one attached hydrogen (secondary N) is 1. The second-order valence-electron chi connectivity index (χ2n) is 4.74. The topological polar surface area (TPSA) is 56.5 Å². The fraction of sp³-hybridized carbons (Fsp3) is 0.571. The molecule has 4 heteroatoms. The Bertz CT molecular complexity index is 382. The van der Waals surface area contributed by atoms with Gasteiger partial charge in [-0.25, -0.2) is 0 Å². The van der Waals surface area contributed by atoms with Crippen molar-refractivity contribution in [2.75, 3.05) is 19.9 Å². The van der Waals surface area contributed by atoms with Gasteiger partial charge >= 0.3 is 0 Å². The van der Waals surface area contributed by atoms with Crippen molar-refractivity contribution < 1.29 is 9.47 Å². The third-order valence-electron chi connectivity index (χ3n) is 3.10. The first kappa shape index (κ1) is 13.2. The molecule has 3 N–H and O–H groups in total. The van der Waals surface area contributed by atoms with Gasteiger partial charge in [-0.05, 0) is 57.0 Å².